The molecule has 0 aromatic heterocycles. The zero-order chi connectivity index (χ0) is 16.7. The first-order valence-electron chi connectivity index (χ1n) is 7.28. The maximum absolute atomic E-state index is 13.4. The summed E-state index contributed by atoms with van der Waals surface area (Å²) in [5.41, 5.74) is -0.574. The highest BCUT2D eigenvalue weighted by atomic mass is 19.1. The third-order valence-corrected chi connectivity index (χ3v) is 3.24. The fourth-order valence-electron chi connectivity index (χ4n) is 2.10. The lowest BCUT2D eigenvalue weighted by atomic mass is 10.2. The third kappa shape index (κ3) is 5.12. The largest absolute Gasteiger partial charge is 0.341 e. The van der Waals surface area contributed by atoms with Gasteiger partial charge in [0.25, 0.3) is 5.91 Å². The van der Waals surface area contributed by atoms with Crippen molar-refractivity contribution in [1.82, 2.24) is 10.2 Å². The number of halogens is 2. The van der Waals surface area contributed by atoms with Gasteiger partial charge in [-0.15, -0.1) is 0 Å². The molecule has 1 aromatic rings. The van der Waals surface area contributed by atoms with Crippen LogP contribution in [0.2, 0.25) is 0 Å². The average Bonchev–Trinajstić information content (AvgIpc) is 2.41. The summed E-state index contributed by atoms with van der Waals surface area (Å²) < 4.78 is 26.8. The first-order chi connectivity index (χ1) is 10.3. The summed E-state index contributed by atoms with van der Waals surface area (Å²) in [6.07, 6.45) is 0. The average molecular weight is 308 g/mol. The van der Waals surface area contributed by atoms with Crippen LogP contribution in [-0.4, -0.2) is 36.0 Å². The number of hydrogen-bond acceptors (Lipinski definition) is 2. The van der Waals surface area contributed by atoms with Crippen molar-refractivity contribution in [2.45, 2.75) is 39.8 Å². The highest BCUT2D eigenvalue weighted by Crippen LogP contribution is 2.11. The van der Waals surface area contributed by atoms with Crippen LogP contribution >= 0.6 is 0 Å². The molecule has 0 radical (unpaired) electrons. The van der Waals surface area contributed by atoms with E-state index < -0.39 is 23.1 Å². The molecule has 0 atom stereocenters. The molecule has 0 aliphatic rings. The first kappa shape index (κ1) is 18.1. The molecule has 0 fully saturated rings. The van der Waals surface area contributed by atoms with Crippen LogP contribution in [0.25, 0.3) is 0 Å². The van der Waals surface area contributed by atoms with E-state index in [-0.39, 0.29) is 6.54 Å². The van der Waals surface area contributed by atoms with Gasteiger partial charge in [-0.3, -0.25) is 9.69 Å². The van der Waals surface area contributed by atoms with Crippen molar-refractivity contribution < 1.29 is 13.6 Å². The molecule has 0 spiro atoms. The van der Waals surface area contributed by atoms with Crippen molar-refractivity contribution >= 4 is 5.91 Å². The van der Waals surface area contributed by atoms with Gasteiger partial charge in [0.15, 0.2) is 0 Å². The quantitative estimate of drug-likeness (QED) is 0.848. The van der Waals surface area contributed by atoms with Gasteiger partial charge in [-0.1, -0.05) is 17.9 Å². The van der Waals surface area contributed by atoms with E-state index in [1.807, 2.05) is 0 Å². The Morgan fingerprint density at radius 2 is 1.68 bits per heavy atom. The maximum Gasteiger partial charge on any atom is 0.258 e. The molecule has 3 nitrogen and oxygen atoms in total. The lowest BCUT2D eigenvalue weighted by molar-refractivity contribution is 0.0950. The van der Waals surface area contributed by atoms with E-state index in [4.69, 9.17) is 0 Å². The Morgan fingerprint density at radius 1 is 1.14 bits per heavy atom. The summed E-state index contributed by atoms with van der Waals surface area (Å²) in [6.45, 7) is 8.99. The predicted molar refractivity (Wildman–Crippen MR) is 83.4 cm³/mol. The topological polar surface area (TPSA) is 32.3 Å². The third-order valence-electron chi connectivity index (χ3n) is 3.24. The van der Waals surface area contributed by atoms with Gasteiger partial charge >= 0.3 is 0 Å². The van der Waals surface area contributed by atoms with E-state index in [9.17, 15) is 13.6 Å². The summed E-state index contributed by atoms with van der Waals surface area (Å²) in [5.74, 6) is 3.20. The van der Waals surface area contributed by atoms with Gasteiger partial charge < -0.3 is 5.32 Å². The Hall–Kier alpha value is -1.93. The Balaban J connectivity index is 2.55. The molecule has 0 unspecified atom stereocenters. The summed E-state index contributed by atoms with van der Waals surface area (Å²) in [7, 11) is 0. The Kier molecular flexibility index (Phi) is 7.00. The molecule has 120 valence electrons. The molecule has 0 bridgehead atoms. The van der Waals surface area contributed by atoms with Crippen LogP contribution < -0.4 is 5.32 Å². The zero-order valence-electron chi connectivity index (χ0n) is 13.4. The van der Waals surface area contributed by atoms with Crippen LogP contribution in [-0.2, 0) is 0 Å². The molecule has 22 heavy (non-hydrogen) atoms. The summed E-state index contributed by atoms with van der Waals surface area (Å²) >= 11 is 0. The molecule has 1 N–H and O–H groups in total. The Labute approximate surface area is 130 Å². The monoisotopic (exact) mass is 308 g/mol. The van der Waals surface area contributed by atoms with E-state index in [1.165, 1.54) is 6.07 Å². The van der Waals surface area contributed by atoms with Gasteiger partial charge in [0, 0.05) is 12.1 Å². The number of carbonyl (C=O) groups is 1. The molecule has 5 heteroatoms. The van der Waals surface area contributed by atoms with Crippen LogP contribution in [0, 0.1) is 23.5 Å². The standard InChI is InChI=1S/C17H22F2N2O/c1-12(2)21(13(3)4)11-6-5-10-20-17(22)16-14(18)8-7-9-15(16)19/h7-9,12-13H,10-11H2,1-4H3,(H,20,22). The summed E-state index contributed by atoms with van der Waals surface area (Å²) in [5, 5.41) is 2.40. The van der Waals surface area contributed by atoms with Gasteiger partial charge in [-0.2, -0.15) is 0 Å². The number of hydrogen-bond donors (Lipinski definition) is 1. The van der Waals surface area contributed by atoms with Crippen LogP contribution in [0.1, 0.15) is 38.1 Å². The SMILES string of the molecule is CC(C)N(CC#CCNC(=O)c1c(F)cccc1F)C(C)C. The molecule has 0 saturated heterocycles. The van der Waals surface area contributed by atoms with Crippen molar-refractivity contribution in [3.05, 3.63) is 35.4 Å². The predicted octanol–water partition coefficient (Wildman–Crippen LogP) is 2.82. The second kappa shape index (κ2) is 8.50. The molecule has 1 amide bonds. The van der Waals surface area contributed by atoms with Gasteiger partial charge in [-0.25, -0.2) is 8.78 Å². The number of benzene rings is 1. The lowest BCUT2D eigenvalue weighted by Crippen LogP contribution is -2.37. The zero-order valence-corrected chi connectivity index (χ0v) is 13.4. The number of carbonyl (C=O) groups excluding carboxylic acids is 1. The van der Waals surface area contributed by atoms with Crippen LogP contribution in [0.3, 0.4) is 0 Å². The van der Waals surface area contributed by atoms with Gasteiger partial charge in [0.1, 0.15) is 17.2 Å². The van der Waals surface area contributed by atoms with Gasteiger partial charge in [-0.05, 0) is 39.8 Å². The van der Waals surface area contributed by atoms with E-state index in [1.54, 1.807) is 0 Å². The second-order valence-corrected chi connectivity index (χ2v) is 5.49. The minimum atomic E-state index is -0.878. The Morgan fingerprint density at radius 3 is 2.18 bits per heavy atom. The van der Waals surface area contributed by atoms with Gasteiger partial charge in [0.05, 0.1) is 13.1 Å². The second-order valence-electron chi connectivity index (χ2n) is 5.49. The maximum atomic E-state index is 13.4. The molecule has 0 saturated carbocycles. The fourth-order valence-corrected chi connectivity index (χ4v) is 2.10. The minimum absolute atomic E-state index is 0.0522. The van der Waals surface area contributed by atoms with Crippen LogP contribution in [0.15, 0.2) is 18.2 Å². The fraction of sp³-hybridized carbons (Fsp3) is 0.471. The van der Waals surface area contributed by atoms with E-state index in [2.05, 4.69) is 49.8 Å². The van der Waals surface area contributed by atoms with Crippen LogP contribution in [0.5, 0.6) is 0 Å². The first-order valence-corrected chi connectivity index (χ1v) is 7.28. The number of rotatable bonds is 5. The molecular weight excluding hydrogens is 286 g/mol. The van der Waals surface area contributed by atoms with Crippen molar-refractivity contribution in [1.29, 1.82) is 0 Å². The van der Waals surface area contributed by atoms with Crippen LogP contribution in [0.4, 0.5) is 8.78 Å². The number of amides is 1. The van der Waals surface area contributed by atoms with Crippen molar-refractivity contribution in [2.75, 3.05) is 13.1 Å². The molecule has 1 rings (SSSR count). The lowest BCUT2D eigenvalue weighted by Gasteiger charge is -2.28. The normalized spacial score (nSPS) is 10.8. The highest BCUT2D eigenvalue weighted by Gasteiger charge is 2.16. The molecular formula is C17H22F2N2O. The minimum Gasteiger partial charge on any atom is -0.341 e. The van der Waals surface area contributed by atoms with Crippen molar-refractivity contribution in [2.24, 2.45) is 0 Å². The Bertz CT molecular complexity index is 546. The number of nitrogens with zero attached hydrogens (tertiary/aromatic N) is 1. The van der Waals surface area contributed by atoms with Crippen molar-refractivity contribution in [3.8, 4) is 11.8 Å². The van der Waals surface area contributed by atoms with E-state index in [0.717, 1.165) is 12.1 Å². The van der Waals surface area contributed by atoms with Crippen molar-refractivity contribution in [3.63, 3.8) is 0 Å². The summed E-state index contributed by atoms with van der Waals surface area (Å²) in [6, 6.07) is 4.06. The molecule has 0 aliphatic heterocycles. The van der Waals surface area contributed by atoms with Gasteiger partial charge in [0.2, 0.25) is 0 Å². The van der Waals surface area contributed by atoms with E-state index in [0.29, 0.717) is 18.6 Å². The molecule has 0 heterocycles. The van der Waals surface area contributed by atoms with E-state index >= 15 is 0 Å². The number of nitrogens with one attached hydrogen (secondary N) is 1. The smallest absolute Gasteiger partial charge is 0.258 e. The summed E-state index contributed by atoms with van der Waals surface area (Å²) in [4.78, 5) is 13.9. The molecule has 0 aliphatic carbocycles. The molecule has 1 aromatic carbocycles. The highest BCUT2D eigenvalue weighted by molar-refractivity contribution is 5.94.